The average Bonchev–Trinajstić information content (AvgIpc) is 2.47. The molecule has 0 saturated heterocycles. The fourth-order valence-electron chi connectivity index (χ4n) is 2.90. The van der Waals surface area contributed by atoms with Gasteiger partial charge in [-0.25, -0.2) is 0 Å². The predicted octanol–water partition coefficient (Wildman–Crippen LogP) is 4.91. The van der Waals surface area contributed by atoms with Gasteiger partial charge in [0.2, 0.25) is 0 Å². The molecule has 0 amide bonds. The highest BCUT2D eigenvalue weighted by molar-refractivity contribution is 9.10. The first-order valence-electron chi connectivity index (χ1n) is 8.11. The van der Waals surface area contributed by atoms with Gasteiger partial charge in [-0.1, -0.05) is 54.9 Å². The van der Waals surface area contributed by atoms with E-state index in [2.05, 4.69) is 60.2 Å². The lowest BCUT2D eigenvalue weighted by Gasteiger charge is -2.40. The van der Waals surface area contributed by atoms with Crippen LogP contribution in [0.2, 0.25) is 0 Å². The standard InChI is InChI=1S/C18H28BrNO/c1-14(2)20-13-18(10-8-15(3)9-11-18)21-12-16-6-4-5-7-17(16)19/h4-7,14-15,20H,8-13H2,1-3H3. The van der Waals surface area contributed by atoms with Crippen molar-refractivity contribution in [3.8, 4) is 0 Å². The van der Waals surface area contributed by atoms with Gasteiger partial charge in [-0.3, -0.25) is 0 Å². The third-order valence-electron chi connectivity index (χ3n) is 4.51. The number of hydrogen-bond donors (Lipinski definition) is 1. The smallest absolute Gasteiger partial charge is 0.0811 e. The molecule has 2 nitrogen and oxygen atoms in total. The molecule has 3 heteroatoms. The second kappa shape index (κ2) is 7.75. The van der Waals surface area contributed by atoms with Crippen molar-refractivity contribution in [2.24, 2.45) is 5.92 Å². The number of nitrogens with one attached hydrogen (secondary N) is 1. The molecule has 0 heterocycles. The van der Waals surface area contributed by atoms with E-state index in [1.54, 1.807) is 0 Å². The van der Waals surface area contributed by atoms with Gasteiger partial charge in [-0.05, 0) is 43.2 Å². The molecule has 0 aromatic heterocycles. The Hall–Kier alpha value is -0.380. The second-order valence-corrected chi connectivity index (χ2v) is 7.64. The summed E-state index contributed by atoms with van der Waals surface area (Å²) in [4.78, 5) is 0. The highest BCUT2D eigenvalue weighted by Crippen LogP contribution is 2.35. The maximum absolute atomic E-state index is 6.44. The molecule has 0 spiro atoms. The predicted molar refractivity (Wildman–Crippen MR) is 92.4 cm³/mol. The Bertz CT molecular complexity index is 439. The maximum Gasteiger partial charge on any atom is 0.0811 e. The molecule has 1 aromatic rings. The van der Waals surface area contributed by atoms with Crippen molar-refractivity contribution in [3.63, 3.8) is 0 Å². The molecule has 1 aliphatic carbocycles. The highest BCUT2D eigenvalue weighted by atomic mass is 79.9. The summed E-state index contributed by atoms with van der Waals surface area (Å²) in [5, 5.41) is 3.59. The number of ether oxygens (including phenoxy) is 1. The summed E-state index contributed by atoms with van der Waals surface area (Å²) in [6.45, 7) is 8.41. The summed E-state index contributed by atoms with van der Waals surface area (Å²) in [6, 6.07) is 8.85. The number of rotatable bonds is 6. The van der Waals surface area contributed by atoms with E-state index in [4.69, 9.17) is 4.74 Å². The molecule has 0 unspecified atom stereocenters. The van der Waals surface area contributed by atoms with E-state index in [0.29, 0.717) is 12.6 Å². The van der Waals surface area contributed by atoms with E-state index in [0.717, 1.165) is 16.9 Å². The van der Waals surface area contributed by atoms with Crippen LogP contribution in [-0.4, -0.2) is 18.2 Å². The molecule has 0 atom stereocenters. The maximum atomic E-state index is 6.44. The van der Waals surface area contributed by atoms with Gasteiger partial charge in [0.25, 0.3) is 0 Å². The minimum absolute atomic E-state index is 0.00601. The van der Waals surface area contributed by atoms with Crippen LogP contribution in [0.25, 0.3) is 0 Å². The molecule has 21 heavy (non-hydrogen) atoms. The molecule has 0 radical (unpaired) electrons. The Morgan fingerprint density at radius 2 is 1.95 bits per heavy atom. The Kier molecular flexibility index (Phi) is 6.27. The average molecular weight is 354 g/mol. The lowest BCUT2D eigenvalue weighted by atomic mass is 9.79. The fourth-order valence-corrected chi connectivity index (χ4v) is 3.30. The third kappa shape index (κ3) is 5.08. The molecule has 1 fully saturated rings. The van der Waals surface area contributed by atoms with Gasteiger partial charge in [0.1, 0.15) is 0 Å². The number of hydrogen-bond acceptors (Lipinski definition) is 2. The summed E-state index contributed by atoms with van der Waals surface area (Å²) in [5.74, 6) is 0.837. The largest absolute Gasteiger partial charge is 0.369 e. The van der Waals surface area contributed by atoms with Crippen molar-refractivity contribution in [2.75, 3.05) is 6.54 Å². The van der Waals surface area contributed by atoms with Gasteiger partial charge >= 0.3 is 0 Å². The Labute approximate surface area is 137 Å². The van der Waals surface area contributed by atoms with Gasteiger partial charge in [-0.2, -0.15) is 0 Å². The topological polar surface area (TPSA) is 21.3 Å². The first kappa shape index (κ1) is 17.0. The number of benzene rings is 1. The summed E-state index contributed by atoms with van der Waals surface area (Å²) in [6.07, 6.45) is 4.88. The summed E-state index contributed by atoms with van der Waals surface area (Å²) in [5.41, 5.74) is 1.24. The summed E-state index contributed by atoms with van der Waals surface area (Å²) < 4.78 is 7.58. The van der Waals surface area contributed by atoms with Crippen molar-refractivity contribution >= 4 is 15.9 Å². The van der Waals surface area contributed by atoms with Crippen LogP contribution in [-0.2, 0) is 11.3 Å². The zero-order chi connectivity index (χ0) is 15.3. The fraction of sp³-hybridized carbons (Fsp3) is 0.667. The molecule has 1 aliphatic rings. The second-order valence-electron chi connectivity index (χ2n) is 6.78. The third-order valence-corrected chi connectivity index (χ3v) is 5.28. The highest BCUT2D eigenvalue weighted by Gasteiger charge is 2.35. The quantitative estimate of drug-likeness (QED) is 0.784. The molecule has 2 rings (SSSR count). The number of halogens is 1. The summed E-state index contributed by atoms with van der Waals surface area (Å²) >= 11 is 3.62. The molecular weight excluding hydrogens is 326 g/mol. The Balaban J connectivity index is 2.00. The Morgan fingerprint density at radius 3 is 2.57 bits per heavy atom. The zero-order valence-electron chi connectivity index (χ0n) is 13.5. The first-order valence-corrected chi connectivity index (χ1v) is 8.91. The molecule has 118 valence electrons. The van der Waals surface area contributed by atoms with Crippen LogP contribution in [0, 0.1) is 5.92 Å². The van der Waals surface area contributed by atoms with Gasteiger partial charge < -0.3 is 10.1 Å². The minimum Gasteiger partial charge on any atom is -0.369 e. The van der Waals surface area contributed by atoms with E-state index < -0.39 is 0 Å². The zero-order valence-corrected chi connectivity index (χ0v) is 15.1. The van der Waals surface area contributed by atoms with Gasteiger partial charge in [-0.15, -0.1) is 0 Å². The van der Waals surface area contributed by atoms with Crippen molar-refractivity contribution in [1.29, 1.82) is 0 Å². The Morgan fingerprint density at radius 1 is 1.29 bits per heavy atom. The van der Waals surface area contributed by atoms with E-state index in [-0.39, 0.29) is 5.60 Å². The molecule has 1 N–H and O–H groups in total. The van der Waals surface area contributed by atoms with Crippen molar-refractivity contribution < 1.29 is 4.74 Å². The summed E-state index contributed by atoms with van der Waals surface area (Å²) in [7, 11) is 0. The van der Waals surface area contributed by atoms with E-state index >= 15 is 0 Å². The molecule has 1 aromatic carbocycles. The van der Waals surface area contributed by atoms with E-state index in [1.165, 1.54) is 31.2 Å². The van der Waals surface area contributed by atoms with Crippen molar-refractivity contribution in [2.45, 2.75) is 64.7 Å². The molecule has 1 saturated carbocycles. The van der Waals surface area contributed by atoms with Crippen LogP contribution in [0.3, 0.4) is 0 Å². The van der Waals surface area contributed by atoms with E-state index in [9.17, 15) is 0 Å². The van der Waals surface area contributed by atoms with Crippen LogP contribution >= 0.6 is 15.9 Å². The lowest BCUT2D eigenvalue weighted by molar-refractivity contribution is -0.0859. The monoisotopic (exact) mass is 353 g/mol. The minimum atomic E-state index is 0.00601. The van der Waals surface area contributed by atoms with E-state index in [1.807, 2.05) is 6.07 Å². The molecular formula is C18H28BrNO. The molecule has 0 bridgehead atoms. The molecule has 0 aliphatic heterocycles. The lowest BCUT2D eigenvalue weighted by Crippen LogP contribution is -2.47. The van der Waals surface area contributed by atoms with Crippen molar-refractivity contribution in [1.82, 2.24) is 5.32 Å². The normalized spacial score (nSPS) is 26.2. The van der Waals surface area contributed by atoms with Crippen LogP contribution < -0.4 is 5.32 Å². The van der Waals surface area contributed by atoms with Crippen LogP contribution in [0.15, 0.2) is 28.7 Å². The van der Waals surface area contributed by atoms with Gasteiger partial charge in [0.05, 0.1) is 12.2 Å². The van der Waals surface area contributed by atoms with Gasteiger partial charge in [0.15, 0.2) is 0 Å². The van der Waals surface area contributed by atoms with Crippen molar-refractivity contribution in [3.05, 3.63) is 34.3 Å². The first-order chi connectivity index (χ1) is 10.0. The van der Waals surface area contributed by atoms with Crippen LogP contribution in [0.1, 0.15) is 52.0 Å². The SMILES string of the molecule is CC1CCC(CNC(C)C)(OCc2ccccc2Br)CC1. The van der Waals surface area contributed by atoms with Crippen LogP contribution in [0.4, 0.5) is 0 Å². The van der Waals surface area contributed by atoms with Gasteiger partial charge in [0, 0.05) is 17.1 Å². The van der Waals surface area contributed by atoms with Crippen LogP contribution in [0.5, 0.6) is 0 Å².